The Morgan fingerprint density at radius 3 is 2.62 bits per heavy atom. The van der Waals surface area contributed by atoms with Crippen molar-refractivity contribution >= 4 is 16.7 Å². The maximum atomic E-state index is 4.24. The number of benzene rings is 1. The largest absolute Gasteiger partial charge is 0.370 e. The second-order valence-electron chi connectivity index (χ2n) is 5.33. The highest BCUT2D eigenvalue weighted by Crippen LogP contribution is 2.26. The first-order valence-corrected chi connectivity index (χ1v) is 6.97. The van der Waals surface area contributed by atoms with Crippen molar-refractivity contribution in [3.05, 3.63) is 42.6 Å². The zero-order valence-corrected chi connectivity index (χ0v) is 12.5. The van der Waals surface area contributed by atoms with E-state index in [-0.39, 0.29) is 6.17 Å². The Balaban J connectivity index is 1.87. The molecule has 2 aromatic heterocycles. The van der Waals surface area contributed by atoms with Gasteiger partial charge in [0.15, 0.2) is 5.65 Å². The van der Waals surface area contributed by atoms with Gasteiger partial charge in [-0.1, -0.05) is 12.1 Å². The number of aromatic nitrogens is 3. The van der Waals surface area contributed by atoms with Crippen molar-refractivity contribution < 1.29 is 0 Å². The predicted octanol–water partition coefficient (Wildman–Crippen LogP) is 2.94. The third kappa shape index (κ3) is 2.73. The molecular formula is C16H19N5. The van der Waals surface area contributed by atoms with Crippen LogP contribution in [0.1, 0.15) is 6.92 Å². The molecule has 5 nitrogen and oxygen atoms in total. The summed E-state index contributed by atoms with van der Waals surface area (Å²) in [5.74, 6) is 0. The molecule has 0 saturated carbocycles. The number of anilines is 1. The summed E-state index contributed by atoms with van der Waals surface area (Å²) in [5.41, 5.74) is 3.96. The van der Waals surface area contributed by atoms with Gasteiger partial charge in [0.2, 0.25) is 0 Å². The molecule has 0 aliphatic rings. The third-order valence-corrected chi connectivity index (χ3v) is 3.65. The summed E-state index contributed by atoms with van der Waals surface area (Å²) in [6, 6.07) is 12.3. The molecule has 0 aliphatic carbocycles. The van der Waals surface area contributed by atoms with Crippen LogP contribution in [0.25, 0.3) is 22.3 Å². The molecule has 2 N–H and O–H groups in total. The van der Waals surface area contributed by atoms with Gasteiger partial charge in [-0.15, -0.1) is 0 Å². The number of nitrogens with one attached hydrogen (secondary N) is 2. The van der Waals surface area contributed by atoms with Crippen LogP contribution in [0.15, 0.2) is 42.6 Å². The predicted molar refractivity (Wildman–Crippen MR) is 86.1 cm³/mol. The number of hydrogen-bond acceptors (Lipinski definition) is 4. The minimum atomic E-state index is 0.285. The average Bonchev–Trinajstić information content (AvgIpc) is 2.92. The lowest BCUT2D eigenvalue weighted by Gasteiger charge is -2.22. The molecule has 21 heavy (non-hydrogen) atoms. The monoisotopic (exact) mass is 281 g/mol. The van der Waals surface area contributed by atoms with Gasteiger partial charge in [-0.3, -0.25) is 10.00 Å². The molecule has 1 unspecified atom stereocenters. The van der Waals surface area contributed by atoms with E-state index in [1.54, 1.807) is 6.20 Å². The van der Waals surface area contributed by atoms with E-state index in [9.17, 15) is 0 Å². The molecule has 2 heterocycles. The summed E-state index contributed by atoms with van der Waals surface area (Å²) >= 11 is 0. The maximum absolute atomic E-state index is 4.24. The topological polar surface area (TPSA) is 56.8 Å². The number of rotatable bonds is 4. The molecule has 3 rings (SSSR count). The van der Waals surface area contributed by atoms with Crippen molar-refractivity contribution in [2.45, 2.75) is 13.1 Å². The smallest absolute Gasteiger partial charge is 0.181 e. The van der Waals surface area contributed by atoms with Crippen LogP contribution in [-0.4, -0.2) is 40.3 Å². The van der Waals surface area contributed by atoms with E-state index in [1.165, 1.54) is 0 Å². The van der Waals surface area contributed by atoms with Gasteiger partial charge < -0.3 is 5.32 Å². The van der Waals surface area contributed by atoms with E-state index >= 15 is 0 Å². The molecule has 108 valence electrons. The van der Waals surface area contributed by atoms with Gasteiger partial charge in [0.25, 0.3) is 0 Å². The first-order valence-electron chi connectivity index (χ1n) is 6.97. The van der Waals surface area contributed by atoms with E-state index in [0.29, 0.717) is 0 Å². The number of pyridine rings is 1. The average molecular weight is 281 g/mol. The molecule has 0 spiro atoms. The van der Waals surface area contributed by atoms with E-state index in [1.807, 2.05) is 12.1 Å². The fourth-order valence-corrected chi connectivity index (χ4v) is 2.17. The lowest BCUT2D eigenvalue weighted by molar-refractivity contribution is 0.343. The molecule has 0 bridgehead atoms. The zero-order chi connectivity index (χ0) is 14.8. The van der Waals surface area contributed by atoms with Gasteiger partial charge in [-0.25, -0.2) is 4.98 Å². The first-order chi connectivity index (χ1) is 10.1. The minimum absolute atomic E-state index is 0.285. The molecule has 0 saturated heterocycles. The molecule has 3 aromatic rings. The highest BCUT2D eigenvalue weighted by molar-refractivity contribution is 5.90. The Morgan fingerprint density at radius 2 is 1.90 bits per heavy atom. The standard InChI is InChI=1S/C16H19N5/c1-11(21(2)3)18-13-8-6-12(7-9-13)15-14-5-4-10-17-16(14)20-19-15/h4-11,18H,1-3H3,(H,17,19,20). The van der Waals surface area contributed by atoms with Gasteiger partial charge >= 0.3 is 0 Å². The van der Waals surface area contributed by atoms with Crippen LogP contribution in [-0.2, 0) is 0 Å². The van der Waals surface area contributed by atoms with Crippen molar-refractivity contribution in [3.63, 3.8) is 0 Å². The number of nitrogens with zero attached hydrogens (tertiary/aromatic N) is 3. The summed E-state index contributed by atoms with van der Waals surface area (Å²) in [4.78, 5) is 6.37. The van der Waals surface area contributed by atoms with Crippen molar-refractivity contribution in [1.29, 1.82) is 0 Å². The lowest BCUT2D eigenvalue weighted by Crippen LogP contribution is -2.31. The normalized spacial score (nSPS) is 12.8. The van der Waals surface area contributed by atoms with Crippen molar-refractivity contribution in [2.75, 3.05) is 19.4 Å². The van der Waals surface area contributed by atoms with E-state index in [0.717, 1.165) is 28.0 Å². The highest BCUT2D eigenvalue weighted by atomic mass is 15.2. The minimum Gasteiger partial charge on any atom is -0.370 e. The third-order valence-electron chi connectivity index (χ3n) is 3.65. The van der Waals surface area contributed by atoms with Crippen molar-refractivity contribution in [2.24, 2.45) is 0 Å². The zero-order valence-electron chi connectivity index (χ0n) is 12.5. The summed E-state index contributed by atoms with van der Waals surface area (Å²) in [5, 5.41) is 11.8. The number of aromatic amines is 1. The molecule has 0 amide bonds. The molecule has 0 aliphatic heterocycles. The Morgan fingerprint density at radius 1 is 1.14 bits per heavy atom. The molecule has 1 aromatic carbocycles. The van der Waals surface area contributed by atoms with Crippen LogP contribution in [0.3, 0.4) is 0 Å². The van der Waals surface area contributed by atoms with Crippen molar-refractivity contribution in [3.8, 4) is 11.3 Å². The number of fused-ring (bicyclic) bond motifs is 1. The van der Waals surface area contributed by atoms with Gasteiger partial charge in [-0.2, -0.15) is 5.10 Å². The molecule has 1 atom stereocenters. The van der Waals surface area contributed by atoms with Crippen LogP contribution in [0.2, 0.25) is 0 Å². The van der Waals surface area contributed by atoms with E-state index in [2.05, 4.69) is 70.7 Å². The summed E-state index contributed by atoms with van der Waals surface area (Å²) < 4.78 is 0. The van der Waals surface area contributed by atoms with Crippen LogP contribution in [0, 0.1) is 0 Å². The highest BCUT2D eigenvalue weighted by Gasteiger charge is 2.08. The molecular weight excluding hydrogens is 262 g/mol. The Hall–Kier alpha value is -2.40. The van der Waals surface area contributed by atoms with Crippen LogP contribution in [0.5, 0.6) is 0 Å². The van der Waals surface area contributed by atoms with E-state index < -0.39 is 0 Å². The quantitative estimate of drug-likeness (QED) is 0.722. The van der Waals surface area contributed by atoms with Crippen LogP contribution in [0.4, 0.5) is 5.69 Å². The van der Waals surface area contributed by atoms with Gasteiger partial charge in [0.05, 0.1) is 11.9 Å². The van der Waals surface area contributed by atoms with Gasteiger partial charge in [0.1, 0.15) is 0 Å². The SMILES string of the molecule is CC(Nc1ccc(-c2[nH]nc3ncccc23)cc1)N(C)C. The van der Waals surface area contributed by atoms with E-state index in [4.69, 9.17) is 0 Å². The molecule has 0 fully saturated rings. The Labute approximate surface area is 124 Å². The molecule has 0 radical (unpaired) electrons. The molecule has 5 heteroatoms. The first kappa shape index (κ1) is 13.6. The Kier molecular flexibility index (Phi) is 3.58. The summed E-state index contributed by atoms with van der Waals surface area (Å²) in [6.07, 6.45) is 2.04. The van der Waals surface area contributed by atoms with Gasteiger partial charge in [-0.05, 0) is 45.3 Å². The van der Waals surface area contributed by atoms with Crippen LogP contribution >= 0.6 is 0 Å². The lowest BCUT2D eigenvalue weighted by atomic mass is 10.1. The number of hydrogen-bond donors (Lipinski definition) is 2. The fraction of sp³-hybridized carbons (Fsp3) is 0.250. The summed E-state index contributed by atoms with van der Waals surface area (Å²) in [6.45, 7) is 2.13. The second kappa shape index (κ2) is 5.54. The van der Waals surface area contributed by atoms with Gasteiger partial charge in [0, 0.05) is 22.8 Å². The number of H-pyrrole nitrogens is 1. The van der Waals surface area contributed by atoms with Crippen molar-refractivity contribution in [1.82, 2.24) is 20.1 Å². The van der Waals surface area contributed by atoms with Crippen LogP contribution < -0.4 is 5.32 Å². The summed E-state index contributed by atoms with van der Waals surface area (Å²) in [7, 11) is 4.10. The second-order valence-corrected chi connectivity index (χ2v) is 5.33. The Bertz CT molecular complexity index is 730. The fourth-order valence-electron chi connectivity index (χ4n) is 2.17. The maximum Gasteiger partial charge on any atom is 0.181 e.